The molecule has 0 fully saturated rings. The molecule has 1 heterocycles. The van der Waals surface area contributed by atoms with Gasteiger partial charge in [-0.15, -0.1) is 0 Å². The third kappa shape index (κ3) is 2.68. The number of hydrogen-bond donors (Lipinski definition) is 3. The van der Waals surface area contributed by atoms with E-state index in [2.05, 4.69) is 15.5 Å². The van der Waals surface area contributed by atoms with Crippen LogP contribution in [0, 0.1) is 0 Å². The first-order valence-corrected chi connectivity index (χ1v) is 5.87. The van der Waals surface area contributed by atoms with Gasteiger partial charge < -0.3 is 11.1 Å². The molecule has 0 saturated heterocycles. The lowest BCUT2D eigenvalue weighted by Gasteiger charge is -2.16. The predicted molar refractivity (Wildman–Crippen MR) is 69.9 cm³/mol. The van der Waals surface area contributed by atoms with E-state index in [4.69, 9.17) is 5.73 Å². The van der Waals surface area contributed by atoms with Gasteiger partial charge in [0, 0.05) is 6.07 Å². The maximum absolute atomic E-state index is 12.0. The van der Waals surface area contributed by atoms with Crippen molar-refractivity contribution < 1.29 is 4.79 Å². The van der Waals surface area contributed by atoms with Crippen molar-refractivity contribution in [1.82, 2.24) is 15.5 Å². The second-order valence-corrected chi connectivity index (χ2v) is 4.05. The van der Waals surface area contributed by atoms with Crippen LogP contribution in [0.15, 0.2) is 36.4 Å². The Kier molecular flexibility index (Phi) is 3.62. The first kappa shape index (κ1) is 12.2. The molecule has 1 amide bonds. The Bertz CT molecular complexity index is 521. The Morgan fingerprint density at radius 2 is 2.17 bits per heavy atom. The molecule has 1 atom stereocenters. The van der Waals surface area contributed by atoms with E-state index in [-0.39, 0.29) is 11.9 Å². The summed E-state index contributed by atoms with van der Waals surface area (Å²) in [6, 6.07) is 11.4. The van der Waals surface area contributed by atoms with Crippen LogP contribution in [0.25, 0.3) is 0 Å². The second-order valence-electron chi connectivity index (χ2n) is 4.05. The number of benzene rings is 1. The van der Waals surface area contributed by atoms with Gasteiger partial charge >= 0.3 is 0 Å². The van der Waals surface area contributed by atoms with Gasteiger partial charge in [-0.05, 0) is 12.0 Å². The topological polar surface area (TPSA) is 83.8 Å². The molecular weight excluding hydrogens is 228 g/mol. The van der Waals surface area contributed by atoms with E-state index in [1.165, 1.54) is 6.07 Å². The van der Waals surface area contributed by atoms with E-state index in [0.717, 1.165) is 12.0 Å². The fourth-order valence-electron chi connectivity index (χ4n) is 1.80. The Balaban J connectivity index is 2.10. The quantitative estimate of drug-likeness (QED) is 0.767. The highest BCUT2D eigenvalue weighted by molar-refractivity contribution is 5.93. The van der Waals surface area contributed by atoms with Crippen LogP contribution in [0.5, 0.6) is 0 Å². The monoisotopic (exact) mass is 244 g/mol. The van der Waals surface area contributed by atoms with Gasteiger partial charge in [0.15, 0.2) is 0 Å². The maximum atomic E-state index is 12.0. The molecule has 0 bridgehead atoms. The third-order valence-corrected chi connectivity index (χ3v) is 2.76. The summed E-state index contributed by atoms with van der Waals surface area (Å²) >= 11 is 0. The lowest BCUT2D eigenvalue weighted by atomic mass is 10.0. The van der Waals surface area contributed by atoms with E-state index in [0.29, 0.717) is 11.5 Å². The van der Waals surface area contributed by atoms with Gasteiger partial charge in [0.25, 0.3) is 5.91 Å². The van der Waals surface area contributed by atoms with Gasteiger partial charge in [-0.1, -0.05) is 37.3 Å². The molecule has 0 aliphatic heterocycles. The number of carbonyl (C=O) groups is 1. The highest BCUT2D eigenvalue weighted by Gasteiger charge is 2.15. The number of nitrogen functional groups attached to an aromatic ring is 1. The van der Waals surface area contributed by atoms with E-state index < -0.39 is 0 Å². The van der Waals surface area contributed by atoms with Gasteiger partial charge in [-0.2, -0.15) is 5.10 Å². The zero-order valence-corrected chi connectivity index (χ0v) is 10.2. The lowest BCUT2D eigenvalue weighted by molar-refractivity contribution is 0.0930. The Morgan fingerprint density at radius 3 is 2.72 bits per heavy atom. The standard InChI is InChI=1S/C13H16N4O/c1-2-10(9-6-4-3-5-7-9)15-13(18)11-8-12(14)17-16-11/h3-8,10H,2H2,1H3,(H,15,18)(H3,14,16,17)/t10-/m0/s1. The number of aromatic amines is 1. The molecule has 0 spiro atoms. The lowest BCUT2D eigenvalue weighted by Crippen LogP contribution is -2.28. The molecule has 2 rings (SSSR count). The van der Waals surface area contributed by atoms with E-state index in [1.807, 2.05) is 37.3 Å². The maximum Gasteiger partial charge on any atom is 0.269 e. The number of rotatable bonds is 4. The predicted octanol–water partition coefficient (Wildman–Crippen LogP) is 1.87. The molecule has 18 heavy (non-hydrogen) atoms. The minimum atomic E-state index is -0.199. The number of anilines is 1. The Labute approximate surface area is 105 Å². The number of aromatic nitrogens is 2. The first-order valence-electron chi connectivity index (χ1n) is 5.87. The largest absolute Gasteiger partial charge is 0.382 e. The van der Waals surface area contributed by atoms with Gasteiger partial charge in [0.05, 0.1) is 6.04 Å². The van der Waals surface area contributed by atoms with Crippen LogP contribution >= 0.6 is 0 Å². The summed E-state index contributed by atoms with van der Waals surface area (Å²) in [5, 5.41) is 9.28. The van der Waals surface area contributed by atoms with Crippen molar-refractivity contribution in [3.63, 3.8) is 0 Å². The molecule has 0 radical (unpaired) electrons. The summed E-state index contributed by atoms with van der Waals surface area (Å²) in [6.45, 7) is 2.03. The van der Waals surface area contributed by atoms with E-state index in [9.17, 15) is 4.79 Å². The average molecular weight is 244 g/mol. The van der Waals surface area contributed by atoms with Crippen molar-refractivity contribution in [2.75, 3.05) is 5.73 Å². The molecule has 0 aliphatic carbocycles. The average Bonchev–Trinajstić information content (AvgIpc) is 2.83. The fourth-order valence-corrected chi connectivity index (χ4v) is 1.80. The molecular formula is C13H16N4O. The SMILES string of the molecule is CC[C@H](NC(=O)c1cc(N)n[nH]1)c1ccccc1. The number of nitrogens with one attached hydrogen (secondary N) is 2. The molecule has 5 heteroatoms. The second kappa shape index (κ2) is 5.35. The Morgan fingerprint density at radius 1 is 1.44 bits per heavy atom. The van der Waals surface area contributed by atoms with Gasteiger partial charge in [-0.3, -0.25) is 9.89 Å². The van der Waals surface area contributed by atoms with Crippen LogP contribution in [0.3, 0.4) is 0 Å². The zero-order valence-electron chi connectivity index (χ0n) is 10.2. The number of hydrogen-bond acceptors (Lipinski definition) is 3. The molecule has 1 aromatic carbocycles. The van der Waals surface area contributed by atoms with E-state index >= 15 is 0 Å². The summed E-state index contributed by atoms with van der Waals surface area (Å²) in [7, 11) is 0. The molecule has 4 N–H and O–H groups in total. The summed E-state index contributed by atoms with van der Waals surface area (Å²) in [4.78, 5) is 12.0. The van der Waals surface area contributed by atoms with Crippen molar-refractivity contribution in [2.24, 2.45) is 0 Å². The molecule has 2 aromatic rings. The normalized spacial score (nSPS) is 12.1. The number of H-pyrrole nitrogens is 1. The fraction of sp³-hybridized carbons (Fsp3) is 0.231. The summed E-state index contributed by atoms with van der Waals surface area (Å²) in [5.41, 5.74) is 6.93. The molecule has 94 valence electrons. The van der Waals surface area contributed by atoms with Gasteiger partial charge in [0.1, 0.15) is 11.5 Å². The first-order chi connectivity index (χ1) is 8.70. The minimum Gasteiger partial charge on any atom is -0.382 e. The molecule has 0 saturated carbocycles. The molecule has 1 aromatic heterocycles. The van der Waals surface area contributed by atoms with Crippen LogP contribution in [0.2, 0.25) is 0 Å². The van der Waals surface area contributed by atoms with Crippen LogP contribution in [0.1, 0.15) is 35.4 Å². The summed E-state index contributed by atoms with van der Waals surface area (Å²) in [6.07, 6.45) is 0.819. The van der Waals surface area contributed by atoms with Gasteiger partial charge in [0.2, 0.25) is 0 Å². The number of nitrogens with zero attached hydrogens (tertiary/aromatic N) is 1. The van der Waals surface area contributed by atoms with Crippen molar-refractivity contribution >= 4 is 11.7 Å². The third-order valence-electron chi connectivity index (χ3n) is 2.76. The highest BCUT2D eigenvalue weighted by atomic mass is 16.2. The van der Waals surface area contributed by atoms with Crippen LogP contribution in [-0.4, -0.2) is 16.1 Å². The van der Waals surface area contributed by atoms with Crippen molar-refractivity contribution in [2.45, 2.75) is 19.4 Å². The number of carbonyl (C=O) groups excluding carboxylic acids is 1. The molecule has 0 aliphatic rings. The van der Waals surface area contributed by atoms with Crippen LogP contribution in [0.4, 0.5) is 5.82 Å². The molecule has 5 nitrogen and oxygen atoms in total. The highest BCUT2D eigenvalue weighted by Crippen LogP contribution is 2.16. The van der Waals surface area contributed by atoms with E-state index in [1.54, 1.807) is 0 Å². The minimum absolute atomic E-state index is 0.0109. The molecule has 0 unspecified atom stereocenters. The van der Waals surface area contributed by atoms with Crippen LogP contribution < -0.4 is 11.1 Å². The van der Waals surface area contributed by atoms with Crippen molar-refractivity contribution in [3.05, 3.63) is 47.7 Å². The number of nitrogens with two attached hydrogens (primary N) is 1. The van der Waals surface area contributed by atoms with Crippen LogP contribution in [-0.2, 0) is 0 Å². The summed E-state index contributed by atoms with van der Waals surface area (Å²) in [5.74, 6) is 0.114. The van der Waals surface area contributed by atoms with Gasteiger partial charge in [-0.25, -0.2) is 0 Å². The Hall–Kier alpha value is -2.30. The zero-order chi connectivity index (χ0) is 13.0. The summed E-state index contributed by atoms with van der Waals surface area (Å²) < 4.78 is 0. The number of amides is 1. The van der Waals surface area contributed by atoms with Crippen molar-refractivity contribution in [1.29, 1.82) is 0 Å². The van der Waals surface area contributed by atoms with Crippen molar-refractivity contribution in [3.8, 4) is 0 Å². The smallest absolute Gasteiger partial charge is 0.269 e.